The van der Waals surface area contributed by atoms with Crippen molar-refractivity contribution in [1.29, 1.82) is 0 Å². The van der Waals surface area contributed by atoms with Crippen molar-refractivity contribution < 1.29 is 14.3 Å². The molecule has 230 valence electrons. The van der Waals surface area contributed by atoms with E-state index in [4.69, 9.17) is 4.74 Å². The first kappa shape index (κ1) is 32.3. The summed E-state index contributed by atoms with van der Waals surface area (Å²) < 4.78 is 5.52. The summed E-state index contributed by atoms with van der Waals surface area (Å²) in [5, 5.41) is 0. The van der Waals surface area contributed by atoms with Crippen LogP contribution in [0.4, 0.5) is 4.79 Å². The molecule has 2 aromatic carbocycles. The molecule has 1 heterocycles. The number of carbonyl (C=O) groups is 2. The molecule has 0 radical (unpaired) electrons. The number of amides is 2. The van der Waals surface area contributed by atoms with Crippen LogP contribution in [0.25, 0.3) is 0 Å². The molecule has 2 aromatic rings. The van der Waals surface area contributed by atoms with Crippen LogP contribution in [0.5, 0.6) is 0 Å². The summed E-state index contributed by atoms with van der Waals surface area (Å²) in [7, 11) is 1.98. The lowest BCUT2D eigenvalue weighted by Crippen LogP contribution is -2.50. The molecule has 1 aliphatic heterocycles. The summed E-state index contributed by atoms with van der Waals surface area (Å²) in [6.07, 6.45) is 10.3. The molecule has 3 atom stereocenters. The summed E-state index contributed by atoms with van der Waals surface area (Å²) in [6, 6.07) is 21.0. The fraction of sp³-hybridized carbons (Fsp3) is 0.600. The van der Waals surface area contributed by atoms with Crippen LogP contribution in [-0.4, -0.2) is 78.6 Å². The fourth-order valence-electron chi connectivity index (χ4n) is 7.64. The number of hydrogen-bond donors (Lipinski definition) is 0. The van der Waals surface area contributed by atoms with E-state index in [0.717, 1.165) is 57.4 Å². The normalized spacial score (nSPS) is 23.6. The van der Waals surface area contributed by atoms with E-state index in [0.29, 0.717) is 24.4 Å². The lowest BCUT2D eigenvalue weighted by molar-refractivity contribution is 0.0532. The standard InChI is InChI=1S/C35H49N3O3.ClH/c1-3-41-35(40)38(25-27-13-7-4-8-14-27)31-19-21-37(22-20-31)26-30-23-32(24-33(30)28-15-9-5-10-16-28)36(2)34(39)29-17-11-6-12-18-29;/h5-6,9-12,15-18,27,30-33H,3-4,7-8,13-14,19-26H2,1-2H3;1H. The minimum atomic E-state index is -0.120. The first-order valence-corrected chi connectivity index (χ1v) is 16.1. The summed E-state index contributed by atoms with van der Waals surface area (Å²) in [4.78, 5) is 33.0. The van der Waals surface area contributed by atoms with E-state index in [1.54, 1.807) is 0 Å². The molecule has 2 amide bonds. The Balaban J connectivity index is 0.00000405. The van der Waals surface area contributed by atoms with E-state index in [-0.39, 0.29) is 36.5 Å². The highest BCUT2D eigenvalue weighted by molar-refractivity contribution is 5.94. The van der Waals surface area contributed by atoms with E-state index in [1.807, 2.05) is 49.2 Å². The van der Waals surface area contributed by atoms with Crippen LogP contribution in [0.3, 0.4) is 0 Å². The Morgan fingerprint density at radius 3 is 2.14 bits per heavy atom. The van der Waals surface area contributed by atoms with Crippen LogP contribution in [0, 0.1) is 11.8 Å². The minimum Gasteiger partial charge on any atom is -0.450 e. The number of rotatable bonds is 9. The highest BCUT2D eigenvalue weighted by Gasteiger charge is 2.40. The summed E-state index contributed by atoms with van der Waals surface area (Å²) >= 11 is 0. The van der Waals surface area contributed by atoms with E-state index >= 15 is 0 Å². The van der Waals surface area contributed by atoms with Gasteiger partial charge in [-0.2, -0.15) is 0 Å². The van der Waals surface area contributed by atoms with Crippen LogP contribution in [-0.2, 0) is 4.74 Å². The van der Waals surface area contributed by atoms with Gasteiger partial charge in [0.1, 0.15) is 0 Å². The zero-order valence-electron chi connectivity index (χ0n) is 25.5. The maximum atomic E-state index is 13.3. The number of carbonyl (C=O) groups excluding carboxylic acids is 2. The molecular weight excluding hydrogens is 546 g/mol. The molecule has 0 spiro atoms. The molecule has 0 N–H and O–H groups in total. The largest absolute Gasteiger partial charge is 0.450 e. The van der Waals surface area contributed by atoms with Crippen LogP contribution in [0.1, 0.15) is 86.6 Å². The number of piperidine rings is 1. The lowest BCUT2D eigenvalue weighted by Gasteiger charge is -2.41. The van der Waals surface area contributed by atoms with Gasteiger partial charge in [-0.15, -0.1) is 12.4 Å². The second-order valence-electron chi connectivity index (χ2n) is 12.6. The second kappa shape index (κ2) is 15.8. The smallest absolute Gasteiger partial charge is 0.410 e. The van der Waals surface area contributed by atoms with Crippen molar-refractivity contribution in [3.63, 3.8) is 0 Å². The molecule has 2 saturated carbocycles. The average molecular weight is 596 g/mol. The Morgan fingerprint density at radius 2 is 1.50 bits per heavy atom. The van der Waals surface area contributed by atoms with Crippen molar-refractivity contribution in [2.75, 3.05) is 39.8 Å². The van der Waals surface area contributed by atoms with Gasteiger partial charge in [0.25, 0.3) is 5.91 Å². The van der Waals surface area contributed by atoms with Gasteiger partial charge in [-0.3, -0.25) is 4.79 Å². The third kappa shape index (κ3) is 8.08. The number of benzene rings is 2. The Labute approximate surface area is 259 Å². The van der Waals surface area contributed by atoms with Crippen molar-refractivity contribution in [2.24, 2.45) is 11.8 Å². The molecule has 3 aliphatic rings. The number of ether oxygens (including phenoxy) is 1. The predicted molar refractivity (Wildman–Crippen MR) is 171 cm³/mol. The van der Waals surface area contributed by atoms with Crippen molar-refractivity contribution in [1.82, 2.24) is 14.7 Å². The average Bonchev–Trinajstić information content (AvgIpc) is 3.44. The van der Waals surface area contributed by atoms with Crippen molar-refractivity contribution in [3.8, 4) is 0 Å². The van der Waals surface area contributed by atoms with Crippen molar-refractivity contribution >= 4 is 24.4 Å². The number of likely N-dealkylation sites (tertiary alicyclic amines) is 1. The van der Waals surface area contributed by atoms with Crippen LogP contribution < -0.4 is 0 Å². The molecule has 2 aliphatic carbocycles. The summed E-state index contributed by atoms with van der Waals surface area (Å²) in [5.74, 6) is 1.66. The molecule has 3 unspecified atom stereocenters. The molecule has 0 aromatic heterocycles. The Bertz CT molecular complexity index is 1100. The van der Waals surface area contributed by atoms with Crippen molar-refractivity contribution in [3.05, 3.63) is 71.8 Å². The molecule has 0 bridgehead atoms. The molecular formula is C35H50ClN3O3. The maximum absolute atomic E-state index is 13.3. The number of nitrogens with zero attached hydrogens (tertiary/aromatic N) is 3. The Kier molecular flexibility index (Phi) is 12.1. The van der Waals surface area contributed by atoms with Crippen molar-refractivity contribution in [2.45, 2.75) is 82.7 Å². The highest BCUT2D eigenvalue weighted by atomic mass is 35.5. The van der Waals surface area contributed by atoms with Gasteiger partial charge >= 0.3 is 6.09 Å². The lowest BCUT2D eigenvalue weighted by atomic mass is 9.87. The third-order valence-electron chi connectivity index (χ3n) is 9.96. The quantitative estimate of drug-likeness (QED) is 0.306. The van der Waals surface area contributed by atoms with Gasteiger partial charge < -0.3 is 19.4 Å². The van der Waals surface area contributed by atoms with E-state index in [2.05, 4.69) is 40.1 Å². The Hall–Kier alpha value is -2.57. The third-order valence-corrected chi connectivity index (χ3v) is 9.96. The minimum absolute atomic E-state index is 0. The van der Waals surface area contributed by atoms with Gasteiger partial charge in [-0.25, -0.2) is 4.79 Å². The zero-order chi connectivity index (χ0) is 28.6. The summed E-state index contributed by atoms with van der Waals surface area (Å²) in [6.45, 7) is 6.25. The molecule has 7 heteroatoms. The summed E-state index contributed by atoms with van der Waals surface area (Å²) in [5.41, 5.74) is 2.15. The number of halogens is 1. The van der Waals surface area contributed by atoms with Gasteiger partial charge in [0.15, 0.2) is 0 Å². The maximum Gasteiger partial charge on any atom is 0.410 e. The molecule has 5 rings (SSSR count). The monoisotopic (exact) mass is 595 g/mol. The van der Waals surface area contributed by atoms with Gasteiger partial charge in [0.2, 0.25) is 0 Å². The highest BCUT2D eigenvalue weighted by Crippen LogP contribution is 2.42. The van der Waals surface area contributed by atoms with Gasteiger partial charge in [-0.1, -0.05) is 67.8 Å². The zero-order valence-corrected chi connectivity index (χ0v) is 26.4. The van der Waals surface area contributed by atoms with Crippen LogP contribution >= 0.6 is 12.4 Å². The molecule has 42 heavy (non-hydrogen) atoms. The first-order chi connectivity index (χ1) is 20.0. The fourth-order valence-corrected chi connectivity index (χ4v) is 7.64. The van der Waals surface area contributed by atoms with E-state index in [9.17, 15) is 9.59 Å². The van der Waals surface area contributed by atoms with E-state index < -0.39 is 0 Å². The molecule has 3 fully saturated rings. The Morgan fingerprint density at radius 1 is 0.857 bits per heavy atom. The van der Waals surface area contributed by atoms with Gasteiger partial charge in [-0.05, 0) is 80.9 Å². The molecule has 6 nitrogen and oxygen atoms in total. The van der Waals surface area contributed by atoms with Gasteiger partial charge in [0.05, 0.1) is 6.61 Å². The van der Waals surface area contributed by atoms with Crippen LogP contribution in [0.15, 0.2) is 60.7 Å². The predicted octanol–water partition coefficient (Wildman–Crippen LogP) is 7.25. The number of hydrogen-bond acceptors (Lipinski definition) is 4. The van der Waals surface area contributed by atoms with Crippen LogP contribution in [0.2, 0.25) is 0 Å². The molecule has 1 saturated heterocycles. The SMILES string of the molecule is CCOC(=O)N(CC1CCCCC1)C1CCN(CC2CC(N(C)C(=O)c3ccccc3)CC2c2ccccc2)CC1.Cl. The topological polar surface area (TPSA) is 53.1 Å². The first-order valence-electron chi connectivity index (χ1n) is 16.1. The second-order valence-corrected chi connectivity index (χ2v) is 12.6. The van der Waals surface area contributed by atoms with E-state index in [1.165, 1.54) is 37.7 Å². The van der Waals surface area contributed by atoms with Gasteiger partial charge in [0, 0.05) is 50.9 Å².